The van der Waals surface area contributed by atoms with Crippen molar-refractivity contribution >= 4 is 5.78 Å². The van der Waals surface area contributed by atoms with Crippen LogP contribution in [0.2, 0.25) is 0 Å². The number of benzene rings is 1. The van der Waals surface area contributed by atoms with Crippen molar-refractivity contribution in [3.8, 4) is 11.5 Å². The summed E-state index contributed by atoms with van der Waals surface area (Å²) in [6.07, 6.45) is 8.52. The Hall–Kier alpha value is -1.59. The van der Waals surface area contributed by atoms with Gasteiger partial charge in [-0.25, -0.2) is 0 Å². The topological polar surface area (TPSA) is 59.0 Å². The lowest BCUT2D eigenvalue weighted by molar-refractivity contribution is -0.121. The fraction of sp³-hybridized carbons (Fsp3) is 0.731. The first-order valence-corrected chi connectivity index (χ1v) is 11.9. The quantitative estimate of drug-likeness (QED) is 0.404. The summed E-state index contributed by atoms with van der Waals surface area (Å²) in [5, 5.41) is 11.2. The molecule has 0 amide bonds. The van der Waals surface area contributed by atoms with Gasteiger partial charge in [-0.15, -0.1) is 0 Å². The van der Waals surface area contributed by atoms with Crippen LogP contribution in [0.3, 0.4) is 0 Å². The molecule has 5 heteroatoms. The van der Waals surface area contributed by atoms with Gasteiger partial charge < -0.3 is 19.5 Å². The molecule has 1 aromatic rings. The molecule has 0 spiro atoms. The third-order valence-electron chi connectivity index (χ3n) is 6.56. The predicted molar refractivity (Wildman–Crippen MR) is 130 cm³/mol. The van der Waals surface area contributed by atoms with Crippen molar-refractivity contribution < 1.29 is 22.2 Å². The summed E-state index contributed by atoms with van der Waals surface area (Å²) in [6.45, 7) is 7.34. The molecule has 0 saturated carbocycles. The standard InChI is InChI=1S/C25H39NO4.CH4.2H2/c1-3-4-5-6-7-10-22(27)16-21(18-26-13-8-9-19(26)2)25(28)20-11-12-23-24(17-20)30-15-14-29-23;;;/h11-12,17,19,21,25,28H,3-10,13-16,18H2,1-2H3;1H4;2*1H/t19-,21-,25+;;;/m1.../s1. The second-order valence-corrected chi connectivity index (χ2v) is 9.00. The highest BCUT2D eigenvalue weighted by molar-refractivity contribution is 5.78. The third-order valence-corrected chi connectivity index (χ3v) is 6.56. The molecule has 1 N–H and O–H groups in total. The first-order valence-electron chi connectivity index (χ1n) is 11.9. The molecule has 2 aliphatic rings. The minimum absolute atomic E-state index is 0. The van der Waals surface area contributed by atoms with E-state index in [0.29, 0.717) is 37.8 Å². The summed E-state index contributed by atoms with van der Waals surface area (Å²) >= 11 is 0. The van der Waals surface area contributed by atoms with E-state index in [2.05, 4.69) is 18.7 Å². The smallest absolute Gasteiger partial charge is 0.161 e. The number of carbonyl (C=O) groups excluding carboxylic acids is 1. The van der Waals surface area contributed by atoms with Crippen LogP contribution in [-0.2, 0) is 4.79 Å². The number of ether oxygens (including phenoxy) is 2. The Morgan fingerprint density at radius 2 is 1.94 bits per heavy atom. The van der Waals surface area contributed by atoms with Gasteiger partial charge in [0.05, 0.1) is 6.10 Å². The molecule has 1 fully saturated rings. The van der Waals surface area contributed by atoms with Crippen LogP contribution in [0.1, 0.15) is 93.6 Å². The third kappa shape index (κ3) is 7.50. The van der Waals surface area contributed by atoms with Crippen molar-refractivity contribution in [2.24, 2.45) is 5.92 Å². The van der Waals surface area contributed by atoms with Crippen LogP contribution in [-0.4, -0.2) is 48.1 Å². The number of fused-ring (bicyclic) bond motifs is 1. The molecule has 0 unspecified atom stereocenters. The zero-order valence-electron chi connectivity index (χ0n) is 18.8. The Labute approximate surface area is 192 Å². The second-order valence-electron chi connectivity index (χ2n) is 9.00. The van der Waals surface area contributed by atoms with E-state index in [0.717, 1.165) is 37.2 Å². The molecule has 3 rings (SSSR count). The largest absolute Gasteiger partial charge is 0.486 e. The van der Waals surface area contributed by atoms with E-state index in [1.165, 1.54) is 32.1 Å². The molecule has 1 saturated heterocycles. The minimum atomic E-state index is -0.683. The van der Waals surface area contributed by atoms with Crippen molar-refractivity contribution in [2.75, 3.05) is 26.3 Å². The van der Waals surface area contributed by atoms with Gasteiger partial charge in [0.15, 0.2) is 11.5 Å². The van der Waals surface area contributed by atoms with E-state index in [1.54, 1.807) is 0 Å². The number of hydrogen-bond donors (Lipinski definition) is 1. The summed E-state index contributed by atoms with van der Waals surface area (Å²) < 4.78 is 11.3. The summed E-state index contributed by atoms with van der Waals surface area (Å²) in [5.74, 6) is 1.59. The molecule has 0 radical (unpaired) electrons. The van der Waals surface area contributed by atoms with Crippen LogP contribution < -0.4 is 9.47 Å². The maximum absolute atomic E-state index is 12.7. The number of nitrogens with zero attached hydrogens (tertiary/aromatic N) is 1. The van der Waals surface area contributed by atoms with E-state index in [1.807, 2.05) is 18.2 Å². The summed E-state index contributed by atoms with van der Waals surface area (Å²) in [5.41, 5.74) is 0.812. The van der Waals surface area contributed by atoms with Crippen molar-refractivity contribution in [1.29, 1.82) is 0 Å². The average Bonchev–Trinajstić information content (AvgIpc) is 3.16. The average molecular weight is 438 g/mol. The molecular weight excluding hydrogens is 390 g/mol. The molecule has 180 valence electrons. The van der Waals surface area contributed by atoms with E-state index in [9.17, 15) is 9.90 Å². The highest BCUT2D eigenvalue weighted by Gasteiger charge is 2.30. The van der Waals surface area contributed by atoms with Gasteiger partial charge in [0, 0.05) is 34.2 Å². The van der Waals surface area contributed by atoms with Gasteiger partial charge in [-0.05, 0) is 50.4 Å². The first kappa shape index (κ1) is 25.7. The van der Waals surface area contributed by atoms with Crippen molar-refractivity contribution in [2.45, 2.75) is 91.2 Å². The molecule has 5 nitrogen and oxygen atoms in total. The Balaban J connectivity index is 0.00000341. The number of aliphatic hydroxyl groups excluding tert-OH is 1. The highest BCUT2D eigenvalue weighted by Crippen LogP contribution is 2.36. The lowest BCUT2D eigenvalue weighted by Crippen LogP contribution is -2.35. The number of Topliss-reactive ketones (excluding diaryl/α,β-unsaturated/α-hetero) is 1. The Bertz CT molecular complexity index is 688. The van der Waals surface area contributed by atoms with Crippen LogP contribution in [0.4, 0.5) is 0 Å². The number of unbranched alkanes of at least 4 members (excludes halogenated alkanes) is 4. The van der Waals surface area contributed by atoms with Crippen molar-refractivity contribution in [1.82, 2.24) is 4.90 Å². The van der Waals surface area contributed by atoms with Crippen LogP contribution >= 0.6 is 0 Å². The number of carbonyl (C=O) groups is 1. The molecule has 0 bridgehead atoms. The zero-order chi connectivity index (χ0) is 21.3. The summed E-state index contributed by atoms with van der Waals surface area (Å²) in [7, 11) is 0. The second kappa shape index (κ2) is 13.1. The molecule has 0 aromatic heterocycles. The van der Waals surface area contributed by atoms with Crippen molar-refractivity contribution in [3.63, 3.8) is 0 Å². The lowest BCUT2D eigenvalue weighted by atomic mass is 9.89. The van der Waals surface area contributed by atoms with Gasteiger partial charge in [-0.2, -0.15) is 0 Å². The molecule has 31 heavy (non-hydrogen) atoms. The molecule has 2 heterocycles. The number of ketones is 1. The van der Waals surface area contributed by atoms with Crippen LogP contribution in [0, 0.1) is 5.92 Å². The van der Waals surface area contributed by atoms with Crippen LogP contribution in [0.15, 0.2) is 18.2 Å². The molecule has 0 aliphatic carbocycles. The molecule has 3 atom stereocenters. The Kier molecular flexibility index (Phi) is 10.8. The number of aliphatic hydroxyl groups is 1. The van der Waals surface area contributed by atoms with Gasteiger partial charge in [0.1, 0.15) is 19.0 Å². The maximum atomic E-state index is 12.7. The molecular formula is C26H47NO4. The van der Waals surface area contributed by atoms with Gasteiger partial charge in [-0.3, -0.25) is 4.79 Å². The molecule has 2 aliphatic heterocycles. The summed E-state index contributed by atoms with van der Waals surface area (Å²) in [6, 6.07) is 6.19. The predicted octanol–water partition coefficient (Wildman–Crippen LogP) is 6.04. The van der Waals surface area contributed by atoms with Gasteiger partial charge in [-0.1, -0.05) is 46.1 Å². The van der Waals surface area contributed by atoms with Crippen LogP contribution in [0.5, 0.6) is 11.5 Å². The van der Waals surface area contributed by atoms with E-state index < -0.39 is 6.10 Å². The first-order chi connectivity index (χ1) is 14.6. The normalized spacial score (nSPS) is 20.2. The Morgan fingerprint density at radius 3 is 2.65 bits per heavy atom. The molecule has 1 aromatic carbocycles. The minimum Gasteiger partial charge on any atom is -0.486 e. The fourth-order valence-electron chi connectivity index (χ4n) is 4.68. The monoisotopic (exact) mass is 437 g/mol. The number of hydrogen-bond acceptors (Lipinski definition) is 5. The fourth-order valence-corrected chi connectivity index (χ4v) is 4.68. The van der Waals surface area contributed by atoms with Crippen LogP contribution in [0.25, 0.3) is 0 Å². The van der Waals surface area contributed by atoms with Gasteiger partial charge >= 0.3 is 0 Å². The van der Waals surface area contributed by atoms with E-state index in [-0.39, 0.29) is 22.0 Å². The zero-order valence-corrected chi connectivity index (χ0v) is 18.8. The summed E-state index contributed by atoms with van der Waals surface area (Å²) in [4.78, 5) is 15.2. The SMILES string of the molecule is C.CCCCCCCC(=O)C[C@H](CN1CCC[C@H]1C)[C@@H](O)c1ccc2c(c1)OCCO2.[HH].[HH]. The van der Waals surface area contributed by atoms with Gasteiger partial charge in [0.25, 0.3) is 0 Å². The Morgan fingerprint density at radius 1 is 1.19 bits per heavy atom. The van der Waals surface area contributed by atoms with E-state index >= 15 is 0 Å². The van der Waals surface area contributed by atoms with Crippen molar-refractivity contribution in [3.05, 3.63) is 23.8 Å². The number of rotatable bonds is 12. The lowest BCUT2D eigenvalue weighted by Gasteiger charge is -2.30. The number of likely N-dealkylation sites (tertiary alicyclic amines) is 1. The highest BCUT2D eigenvalue weighted by atomic mass is 16.6. The maximum Gasteiger partial charge on any atom is 0.161 e. The van der Waals surface area contributed by atoms with Gasteiger partial charge in [0.2, 0.25) is 0 Å². The van der Waals surface area contributed by atoms with E-state index in [4.69, 9.17) is 9.47 Å².